The molecule has 2 amide bonds. The van der Waals surface area contributed by atoms with E-state index in [0.717, 1.165) is 0 Å². The number of rotatable bonds is 5. The molecule has 150 valence electrons. The zero-order chi connectivity index (χ0) is 21.0. The Labute approximate surface area is 180 Å². The number of carbonyl (C=O) groups excluding carboxylic acids is 2. The predicted molar refractivity (Wildman–Crippen MR) is 113 cm³/mol. The van der Waals surface area contributed by atoms with Crippen LogP contribution in [0.15, 0.2) is 64.9 Å². The Morgan fingerprint density at radius 3 is 2.31 bits per heavy atom. The maximum absolute atomic E-state index is 12.5. The van der Waals surface area contributed by atoms with Crippen molar-refractivity contribution in [3.8, 4) is 0 Å². The van der Waals surface area contributed by atoms with Crippen LogP contribution in [-0.2, 0) is 10.0 Å². The lowest BCUT2D eigenvalue weighted by molar-refractivity contribution is 0.0849. The molecule has 0 aliphatic carbocycles. The quantitative estimate of drug-likeness (QED) is 0.492. The Bertz CT molecular complexity index is 1170. The summed E-state index contributed by atoms with van der Waals surface area (Å²) in [6.07, 6.45) is 0. The van der Waals surface area contributed by atoms with Gasteiger partial charge in [-0.05, 0) is 47.8 Å². The first kappa shape index (κ1) is 21.1. The van der Waals surface area contributed by atoms with Gasteiger partial charge in [0.25, 0.3) is 21.8 Å². The van der Waals surface area contributed by atoms with E-state index in [1.54, 1.807) is 17.5 Å². The number of hydrogen-bond acceptors (Lipinski definition) is 5. The predicted octanol–water partition coefficient (Wildman–Crippen LogP) is 3.93. The van der Waals surface area contributed by atoms with Crippen LogP contribution >= 0.6 is 34.5 Å². The van der Waals surface area contributed by atoms with Crippen LogP contribution < -0.4 is 15.6 Å². The number of halogens is 2. The minimum atomic E-state index is -3.94. The van der Waals surface area contributed by atoms with E-state index in [-0.39, 0.29) is 26.2 Å². The average Bonchev–Trinajstić information content (AvgIpc) is 3.22. The molecule has 0 unspecified atom stereocenters. The van der Waals surface area contributed by atoms with Crippen LogP contribution in [0.1, 0.15) is 20.0 Å². The van der Waals surface area contributed by atoms with E-state index >= 15 is 0 Å². The summed E-state index contributed by atoms with van der Waals surface area (Å²) in [5.74, 6) is -1.06. The van der Waals surface area contributed by atoms with E-state index in [9.17, 15) is 18.0 Å². The highest BCUT2D eigenvalue weighted by atomic mass is 35.5. The number of carbonyl (C=O) groups is 2. The minimum Gasteiger partial charge on any atom is -0.280 e. The molecular formula is C18H13Cl2N3O4S2. The zero-order valence-corrected chi connectivity index (χ0v) is 17.6. The fourth-order valence-corrected chi connectivity index (χ4v) is 4.29. The molecule has 3 aromatic rings. The number of anilines is 1. The first-order valence-electron chi connectivity index (χ1n) is 7.98. The number of benzene rings is 2. The van der Waals surface area contributed by atoms with Gasteiger partial charge in [0.1, 0.15) is 0 Å². The molecule has 1 aromatic heterocycles. The van der Waals surface area contributed by atoms with Crippen LogP contribution in [0.25, 0.3) is 0 Å². The Kier molecular flexibility index (Phi) is 6.43. The fraction of sp³-hybridized carbons (Fsp3) is 0. The van der Waals surface area contributed by atoms with Crippen LogP contribution in [0.4, 0.5) is 5.69 Å². The molecule has 3 rings (SSSR count). The van der Waals surface area contributed by atoms with Crippen LogP contribution in [0.3, 0.4) is 0 Å². The number of hydrogen-bond donors (Lipinski definition) is 3. The van der Waals surface area contributed by atoms with Gasteiger partial charge < -0.3 is 0 Å². The lowest BCUT2D eigenvalue weighted by Crippen LogP contribution is -2.41. The molecule has 0 bridgehead atoms. The second kappa shape index (κ2) is 8.83. The van der Waals surface area contributed by atoms with Crippen molar-refractivity contribution >= 4 is 62.1 Å². The topological polar surface area (TPSA) is 104 Å². The summed E-state index contributed by atoms with van der Waals surface area (Å²) in [6, 6.07) is 13.0. The van der Waals surface area contributed by atoms with Gasteiger partial charge in [-0.15, -0.1) is 11.3 Å². The normalized spacial score (nSPS) is 11.0. The summed E-state index contributed by atoms with van der Waals surface area (Å²) in [4.78, 5) is 24.5. The number of hydrazine groups is 1. The van der Waals surface area contributed by atoms with E-state index in [1.165, 1.54) is 53.8 Å². The van der Waals surface area contributed by atoms with Crippen molar-refractivity contribution in [3.05, 3.63) is 80.5 Å². The average molecular weight is 470 g/mol. The van der Waals surface area contributed by atoms with Crippen molar-refractivity contribution in [3.63, 3.8) is 0 Å². The molecule has 1 heterocycles. The SMILES string of the molecule is O=C(NNC(=O)c1cccs1)c1cccc(NS(=O)(=O)c2ccc(Cl)c(Cl)c2)c1. The van der Waals surface area contributed by atoms with Gasteiger partial charge in [-0.1, -0.05) is 35.3 Å². The lowest BCUT2D eigenvalue weighted by atomic mass is 10.2. The van der Waals surface area contributed by atoms with E-state index < -0.39 is 21.8 Å². The van der Waals surface area contributed by atoms with Crippen LogP contribution in [0.2, 0.25) is 10.0 Å². The van der Waals surface area contributed by atoms with Crippen molar-refractivity contribution in [1.29, 1.82) is 0 Å². The molecule has 3 N–H and O–H groups in total. The molecule has 0 fully saturated rings. The lowest BCUT2D eigenvalue weighted by Gasteiger charge is -2.11. The monoisotopic (exact) mass is 469 g/mol. The molecule has 29 heavy (non-hydrogen) atoms. The van der Waals surface area contributed by atoms with E-state index in [2.05, 4.69) is 15.6 Å². The van der Waals surface area contributed by atoms with Crippen molar-refractivity contribution in [2.75, 3.05) is 4.72 Å². The zero-order valence-electron chi connectivity index (χ0n) is 14.5. The molecule has 0 aliphatic heterocycles. The summed E-state index contributed by atoms with van der Waals surface area (Å²) in [6.45, 7) is 0. The van der Waals surface area contributed by atoms with Gasteiger partial charge >= 0.3 is 0 Å². The van der Waals surface area contributed by atoms with Crippen molar-refractivity contribution < 1.29 is 18.0 Å². The van der Waals surface area contributed by atoms with Gasteiger partial charge in [0.15, 0.2) is 0 Å². The van der Waals surface area contributed by atoms with Gasteiger partial charge in [-0.3, -0.25) is 25.2 Å². The largest absolute Gasteiger partial charge is 0.280 e. The highest BCUT2D eigenvalue weighted by molar-refractivity contribution is 7.92. The standard InChI is InChI=1S/C18H13Cl2N3O4S2/c19-14-7-6-13(10-15(14)20)29(26,27)23-12-4-1-3-11(9-12)17(24)21-22-18(25)16-5-2-8-28-16/h1-10,23H,(H,21,24)(H,22,25). The van der Waals surface area contributed by atoms with Crippen molar-refractivity contribution in [2.24, 2.45) is 0 Å². The van der Waals surface area contributed by atoms with Gasteiger partial charge in [0, 0.05) is 11.3 Å². The molecule has 0 radical (unpaired) electrons. The molecule has 0 atom stereocenters. The maximum Gasteiger partial charge on any atom is 0.279 e. The second-order valence-corrected chi connectivity index (χ2v) is 9.09. The molecule has 0 saturated carbocycles. The first-order valence-corrected chi connectivity index (χ1v) is 11.1. The summed E-state index contributed by atoms with van der Waals surface area (Å²) >= 11 is 12.9. The summed E-state index contributed by atoms with van der Waals surface area (Å²) in [5, 5.41) is 2.07. The van der Waals surface area contributed by atoms with E-state index in [1.807, 2.05) is 0 Å². The van der Waals surface area contributed by atoms with E-state index in [0.29, 0.717) is 4.88 Å². The third-order valence-electron chi connectivity index (χ3n) is 3.61. The van der Waals surface area contributed by atoms with Gasteiger partial charge in [-0.2, -0.15) is 0 Å². The molecule has 0 spiro atoms. The van der Waals surface area contributed by atoms with Gasteiger partial charge in [0.2, 0.25) is 0 Å². The molecule has 7 nitrogen and oxygen atoms in total. The molecule has 2 aromatic carbocycles. The molecular weight excluding hydrogens is 457 g/mol. The number of nitrogens with one attached hydrogen (secondary N) is 3. The highest BCUT2D eigenvalue weighted by Crippen LogP contribution is 2.26. The maximum atomic E-state index is 12.5. The van der Waals surface area contributed by atoms with Crippen LogP contribution in [0.5, 0.6) is 0 Å². The van der Waals surface area contributed by atoms with Gasteiger partial charge in [-0.25, -0.2) is 8.42 Å². The van der Waals surface area contributed by atoms with Crippen molar-refractivity contribution in [1.82, 2.24) is 10.9 Å². The fourth-order valence-electron chi connectivity index (χ4n) is 2.24. The highest BCUT2D eigenvalue weighted by Gasteiger charge is 2.17. The number of thiophene rings is 1. The van der Waals surface area contributed by atoms with Crippen LogP contribution in [-0.4, -0.2) is 20.2 Å². The third kappa shape index (κ3) is 5.27. The smallest absolute Gasteiger partial charge is 0.279 e. The first-order chi connectivity index (χ1) is 13.8. The second-order valence-electron chi connectivity index (χ2n) is 5.65. The minimum absolute atomic E-state index is 0.0787. The Morgan fingerprint density at radius 2 is 1.62 bits per heavy atom. The molecule has 0 saturated heterocycles. The summed E-state index contributed by atoms with van der Waals surface area (Å²) in [5.41, 5.74) is 4.88. The van der Waals surface area contributed by atoms with E-state index in [4.69, 9.17) is 23.2 Å². The van der Waals surface area contributed by atoms with Crippen molar-refractivity contribution in [2.45, 2.75) is 4.90 Å². The summed E-state index contributed by atoms with van der Waals surface area (Å²) in [7, 11) is -3.94. The Hall–Kier alpha value is -2.59. The summed E-state index contributed by atoms with van der Waals surface area (Å²) < 4.78 is 27.4. The Balaban J connectivity index is 1.70. The number of sulfonamides is 1. The van der Waals surface area contributed by atoms with Gasteiger partial charge in [0.05, 0.1) is 19.8 Å². The Morgan fingerprint density at radius 1 is 0.862 bits per heavy atom. The molecule has 11 heteroatoms. The molecule has 0 aliphatic rings. The number of amides is 2. The third-order valence-corrected chi connectivity index (χ3v) is 6.60. The van der Waals surface area contributed by atoms with Crippen LogP contribution in [0, 0.1) is 0 Å².